The van der Waals surface area contributed by atoms with Crippen LogP contribution in [0.4, 0.5) is 0 Å². The Morgan fingerprint density at radius 1 is 0.436 bits per heavy atom. The molecule has 0 aliphatic rings. The maximum atomic E-state index is 3.62. The third kappa shape index (κ3) is 3.02. The molecule has 9 rings (SSSR count). The highest BCUT2D eigenvalue weighted by Crippen LogP contribution is 2.42. The molecule has 1 N–H and O–H groups in total. The van der Waals surface area contributed by atoms with Crippen molar-refractivity contribution in [1.82, 2.24) is 9.55 Å². The third-order valence-electron chi connectivity index (χ3n) is 8.12. The van der Waals surface area contributed by atoms with E-state index >= 15 is 0 Å². The number of aromatic amines is 1. The minimum absolute atomic E-state index is 1.18. The number of hydrogen-bond acceptors (Lipinski definition) is 1. The van der Waals surface area contributed by atoms with Gasteiger partial charge in [0.25, 0.3) is 0 Å². The van der Waals surface area contributed by atoms with E-state index in [9.17, 15) is 0 Å². The predicted molar refractivity (Wildman–Crippen MR) is 168 cm³/mol. The molecule has 39 heavy (non-hydrogen) atoms. The lowest BCUT2D eigenvalue weighted by Gasteiger charge is -2.09. The van der Waals surface area contributed by atoms with Gasteiger partial charge in [0.05, 0.1) is 11.0 Å². The standard InChI is InChI=1S/C36H22N2S/c1-2-8-22(9-3-1)23-14-16-24(17-15-23)38-33-13-7-5-11-26(33)28-19-30-29-18-27-25-10-4-6-12-31(25)37-32(27)20-35(29)39-36(30)21-34(28)38/h1-21,37H. The fraction of sp³-hybridized carbons (Fsp3) is 0. The van der Waals surface area contributed by atoms with Gasteiger partial charge in [0.15, 0.2) is 0 Å². The van der Waals surface area contributed by atoms with Crippen LogP contribution in [0, 0.1) is 0 Å². The molecule has 0 saturated heterocycles. The van der Waals surface area contributed by atoms with Gasteiger partial charge in [0, 0.05) is 58.4 Å². The van der Waals surface area contributed by atoms with Crippen molar-refractivity contribution in [2.75, 3.05) is 0 Å². The van der Waals surface area contributed by atoms with Crippen LogP contribution in [-0.2, 0) is 0 Å². The summed E-state index contributed by atoms with van der Waals surface area (Å²) in [7, 11) is 0. The topological polar surface area (TPSA) is 20.7 Å². The molecule has 0 unspecified atom stereocenters. The van der Waals surface area contributed by atoms with Crippen molar-refractivity contribution in [2.45, 2.75) is 0 Å². The summed E-state index contributed by atoms with van der Waals surface area (Å²) in [6, 6.07) is 46.4. The van der Waals surface area contributed by atoms with E-state index in [1.165, 1.54) is 80.6 Å². The van der Waals surface area contributed by atoms with E-state index < -0.39 is 0 Å². The molecule has 182 valence electrons. The molecule has 3 heteroatoms. The quantitative estimate of drug-likeness (QED) is 0.237. The summed E-state index contributed by atoms with van der Waals surface area (Å²) in [6.07, 6.45) is 0. The van der Waals surface area contributed by atoms with E-state index in [0.717, 1.165) is 0 Å². The first-order chi connectivity index (χ1) is 19.3. The number of aromatic nitrogens is 2. The predicted octanol–water partition coefficient (Wildman–Crippen LogP) is 10.5. The molecule has 0 radical (unpaired) electrons. The summed E-state index contributed by atoms with van der Waals surface area (Å²) in [5.74, 6) is 0. The van der Waals surface area contributed by atoms with Gasteiger partial charge >= 0.3 is 0 Å². The second kappa shape index (κ2) is 7.83. The van der Waals surface area contributed by atoms with Crippen LogP contribution in [0.15, 0.2) is 127 Å². The van der Waals surface area contributed by atoms with Crippen molar-refractivity contribution in [2.24, 2.45) is 0 Å². The van der Waals surface area contributed by atoms with E-state index in [4.69, 9.17) is 0 Å². The first-order valence-electron chi connectivity index (χ1n) is 13.3. The molecule has 0 spiro atoms. The van der Waals surface area contributed by atoms with Crippen LogP contribution in [0.1, 0.15) is 0 Å². The van der Waals surface area contributed by atoms with Crippen molar-refractivity contribution in [1.29, 1.82) is 0 Å². The lowest BCUT2D eigenvalue weighted by atomic mass is 10.1. The summed E-state index contributed by atoms with van der Waals surface area (Å²) in [6.45, 7) is 0. The molecule has 6 aromatic carbocycles. The average molecular weight is 515 g/mol. The lowest BCUT2D eigenvalue weighted by molar-refractivity contribution is 1.18. The molecule has 0 atom stereocenters. The van der Waals surface area contributed by atoms with Crippen molar-refractivity contribution in [3.8, 4) is 16.8 Å². The van der Waals surface area contributed by atoms with Gasteiger partial charge in [-0.15, -0.1) is 11.3 Å². The van der Waals surface area contributed by atoms with Crippen LogP contribution in [0.3, 0.4) is 0 Å². The van der Waals surface area contributed by atoms with Crippen LogP contribution in [0.2, 0.25) is 0 Å². The Bertz CT molecular complexity index is 2370. The zero-order chi connectivity index (χ0) is 25.5. The first-order valence-corrected chi connectivity index (χ1v) is 14.1. The number of hydrogen-bond donors (Lipinski definition) is 1. The molecule has 3 heterocycles. The van der Waals surface area contributed by atoms with Gasteiger partial charge < -0.3 is 9.55 Å². The molecule has 0 amide bonds. The number of nitrogens with one attached hydrogen (secondary N) is 1. The molecule has 0 aliphatic heterocycles. The van der Waals surface area contributed by atoms with Crippen molar-refractivity contribution < 1.29 is 0 Å². The number of rotatable bonds is 2. The van der Waals surface area contributed by atoms with Crippen LogP contribution in [0.5, 0.6) is 0 Å². The SMILES string of the molecule is c1ccc(-c2ccc(-n3c4ccccc4c4cc5c(cc43)sc3cc4[nH]c6ccccc6c4cc35)cc2)cc1. The Hall–Kier alpha value is -4.86. The van der Waals surface area contributed by atoms with Crippen LogP contribution < -0.4 is 0 Å². The van der Waals surface area contributed by atoms with Gasteiger partial charge in [-0.1, -0.05) is 78.9 Å². The summed E-state index contributed by atoms with van der Waals surface area (Å²) in [4.78, 5) is 3.62. The molecule has 0 bridgehead atoms. The van der Waals surface area contributed by atoms with Crippen LogP contribution >= 0.6 is 11.3 Å². The van der Waals surface area contributed by atoms with Gasteiger partial charge in [-0.2, -0.15) is 0 Å². The molecule has 9 aromatic rings. The number of fused-ring (bicyclic) bond motifs is 9. The highest BCUT2D eigenvalue weighted by atomic mass is 32.1. The Kier molecular flexibility index (Phi) is 4.24. The van der Waals surface area contributed by atoms with Crippen molar-refractivity contribution in [3.05, 3.63) is 127 Å². The summed E-state index contributed by atoms with van der Waals surface area (Å²) in [5.41, 5.74) is 8.53. The smallest absolute Gasteiger partial charge is 0.0555 e. The number of benzene rings is 6. The molecule has 0 saturated carbocycles. The molecule has 2 nitrogen and oxygen atoms in total. The average Bonchev–Trinajstić information content (AvgIpc) is 3.64. The van der Waals surface area contributed by atoms with Gasteiger partial charge in [0.2, 0.25) is 0 Å². The monoisotopic (exact) mass is 514 g/mol. The van der Waals surface area contributed by atoms with Crippen molar-refractivity contribution in [3.63, 3.8) is 0 Å². The third-order valence-corrected chi connectivity index (χ3v) is 9.24. The highest BCUT2D eigenvalue weighted by molar-refractivity contribution is 7.26. The highest BCUT2D eigenvalue weighted by Gasteiger charge is 2.16. The van der Waals surface area contributed by atoms with E-state index in [2.05, 4.69) is 137 Å². The Morgan fingerprint density at radius 2 is 1.10 bits per heavy atom. The summed E-state index contributed by atoms with van der Waals surface area (Å²) in [5, 5.41) is 7.82. The Morgan fingerprint density at radius 3 is 1.95 bits per heavy atom. The number of thiophene rings is 1. The van der Waals surface area contributed by atoms with Gasteiger partial charge in [-0.05, 0) is 59.7 Å². The lowest BCUT2D eigenvalue weighted by Crippen LogP contribution is -1.93. The molecular formula is C36H22N2S. The van der Waals surface area contributed by atoms with Gasteiger partial charge in [0.1, 0.15) is 0 Å². The van der Waals surface area contributed by atoms with E-state index in [1.54, 1.807) is 0 Å². The number of H-pyrrole nitrogens is 1. The molecular weight excluding hydrogens is 492 g/mol. The molecule has 0 aliphatic carbocycles. The Labute approximate surface area is 228 Å². The molecule has 3 aromatic heterocycles. The summed E-state index contributed by atoms with van der Waals surface area (Å²) < 4.78 is 5.06. The maximum absolute atomic E-state index is 3.62. The van der Waals surface area contributed by atoms with Crippen LogP contribution in [-0.4, -0.2) is 9.55 Å². The van der Waals surface area contributed by atoms with Crippen LogP contribution in [0.25, 0.3) is 80.6 Å². The van der Waals surface area contributed by atoms with E-state index in [0.29, 0.717) is 0 Å². The van der Waals surface area contributed by atoms with Crippen molar-refractivity contribution >= 4 is 75.1 Å². The van der Waals surface area contributed by atoms with E-state index in [1.807, 2.05) is 11.3 Å². The van der Waals surface area contributed by atoms with Gasteiger partial charge in [-0.25, -0.2) is 0 Å². The molecule has 0 fully saturated rings. The first kappa shape index (κ1) is 21.1. The second-order valence-electron chi connectivity index (χ2n) is 10.3. The second-order valence-corrected chi connectivity index (χ2v) is 11.4. The zero-order valence-corrected chi connectivity index (χ0v) is 21.8. The Balaban J connectivity index is 1.31. The minimum atomic E-state index is 1.18. The normalized spacial score (nSPS) is 12.1. The summed E-state index contributed by atoms with van der Waals surface area (Å²) >= 11 is 1.88. The fourth-order valence-electron chi connectivity index (χ4n) is 6.29. The largest absolute Gasteiger partial charge is 0.354 e. The maximum Gasteiger partial charge on any atom is 0.0555 e. The number of nitrogens with zero attached hydrogens (tertiary/aromatic N) is 1. The van der Waals surface area contributed by atoms with Gasteiger partial charge in [-0.3, -0.25) is 0 Å². The minimum Gasteiger partial charge on any atom is -0.354 e. The fourth-order valence-corrected chi connectivity index (χ4v) is 7.44. The zero-order valence-electron chi connectivity index (χ0n) is 21.0. The number of para-hydroxylation sites is 2. The van der Waals surface area contributed by atoms with E-state index in [-0.39, 0.29) is 0 Å².